The molecule has 7 rings (SSSR count). The van der Waals surface area contributed by atoms with Gasteiger partial charge in [0.15, 0.2) is 0 Å². The second-order valence-electron chi connectivity index (χ2n) is 13.0. The van der Waals surface area contributed by atoms with Crippen LogP contribution in [0.5, 0.6) is 0 Å². The van der Waals surface area contributed by atoms with E-state index in [9.17, 15) is 0 Å². The number of benzene rings is 4. The van der Waals surface area contributed by atoms with Crippen molar-refractivity contribution >= 4 is 43.9 Å². The van der Waals surface area contributed by atoms with Crippen molar-refractivity contribution in [1.82, 2.24) is 0 Å². The van der Waals surface area contributed by atoms with E-state index < -0.39 is 17.1 Å². The molecule has 2 atom stereocenters. The minimum absolute atomic E-state index is 0. The Morgan fingerprint density at radius 1 is 0.600 bits per heavy atom. The van der Waals surface area contributed by atoms with Gasteiger partial charge < -0.3 is 0 Å². The van der Waals surface area contributed by atoms with Crippen LogP contribution in [0.15, 0.2) is 108 Å². The molecule has 0 N–H and O–H groups in total. The molecule has 2 unspecified atom stereocenters. The van der Waals surface area contributed by atoms with Crippen LogP contribution in [0.1, 0.15) is 49.4 Å². The van der Waals surface area contributed by atoms with Crippen molar-refractivity contribution < 1.29 is 17.1 Å². The Hall–Kier alpha value is -1.97. The Morgan fingerprint density at radius 2 is 1.07 bits per heavy atom. The number of fused-ring (bicyclic) bond motifs is 2. The number of rotatable bonds is 5. The molecule has 0 saturated heterocycles. The van der Waals surface area contributed by atoms with E-state index in [4.69, 9.17) is 0 Å². The van der Waals surface area contributed by atoms with E-state index in [0.717, 1.165) is 5.92 Å². The molecule has 0 spiro atoms. The van der Waals surface area contributed by atoms with Crippen LogP contribution >= 0.6 is 24.8 Å². The standard InChI is InChI=1S/C18H15.C16H13.2CH3.2ClH.Hf.H2Si/c1-2-5-14(6-3-1)17-8-4-7-15-11-16(12-18(15)17)13-9-10-13;1-12-10-14-8-5-9-15(16(14)11-12)13-6-3-2-4-7-13;;;;;;/h1-8,11-13H,9-10H2;2-11H,1H3;2*1H3;2*1H;;1H2. The fraction of sp³-hybridized carbons (Fsp3) is 0.222. The van der Waals surface area contributed by atoms with Gasteiger partial charge in [0, 0.05) is 0 Å². The van der Waals surface area contributed by atoms with Crippen molar-refractivity contribution in [3.05, 3.63) is 130 Å². The molecule has 0 aliphatic heterocycles. The summed E-state index contributed by atoms with van der Waals surface area (Å²) in [6.45, 7) is 4.90. The molecule has 4 aromatic rings. The number of allylic oxidation sites excluding steroid dienone is 2. The monoisotopic (exact) mass is 748 g/mol. The Labute approximate surface area is 254 Å². The molecular weight excluding hydrogens is 710 g/mol. The van der Waals surface area contributed by atoms with Gasteiger partial charge in [-0.3, -0.25) is 0 Å². The van der Waals surface area contributed by atoms with Crippen LogP contribution in [0.3, 0.4) is 0 Å². The van der Waals surface area contributed by atoms with E-state index in [-0.39, 0.29) is 24.8 Å². The summed E-state index contributed by atoms with van der Waals surface area (Å²) in [6, 6.07) is 36.2. The SMILES string of the molecule is CC1=Cc2c(-c3ccccc3)cccc2[CH]1[Hf]([CH3])([CH3])(=[SiH2])[CH]1C(C2CC2)=Cc2c(-c3ccccc3)cccc21.Cl.Cl. The summed E-state index contributed by atoms with van der Waals surface area (Å²) in [5.41, 5.74) is 15.0. The molecule has 0 heterocycles. The summed E-state index contributed by atoms with van der Waals surface area (Å²) in [5.74, 6) is 0.775. The molecule has 4 heteroatoms. The van der Waals surface area contributed by atoms with Gasteiger partial charge >= 0.3 is 231 Å². The third-order valence-corrected chi connectivity index (χ3v) is 34.9. The molecule has 40 heavy (non-hydrogen) atoms. The first-order valence-electron chi connectivity index (χ1n) is 14.2. The Balaban J connectivity index is 0.00000161. The zero-order valence-electron chi connectivity index (χ0n) is 23.6. The van der Waals surface area contributed by atoms with Gasteiger partial charge in [-0.15, -0.1) is 24.8 Å². The van der Waals surface area contributed by atoms with Crippen LogP contribution in [0, 0.1) is 5.92 Å². The third-order valence-electron chi connectivity index (χ3n) is 9.49. The van der Waals surface area contributed by atoms with Gasteiger partial charge in [0.05, 0.1) is 0 Å². The molecule has 0 nitrogen and oxygen atoms in total. The summed E-state index contributed by atoms with van der Waals surface area (Å²) in [5, 5.41) is 0. The first-order chi connectivity index (χ1) is 18.3. The van der Waals surface area contributed by atoms with Gasteiger partial charge in [-0.05, 0) is 0 Å². The first kappa shape index (κ1) is 29.5. The predicted molar refractivity (Wildman–Crippen MR) is 178 cm³/mol. The van der Waals surface area contributed by atoms with Crippen LogP contribution in [-0.4, -0.2) is 6.94 Å². The minimum Gasteiger partial charge on any atom is -0.147 e. The summed E-state index contributed by atoms with van der Waals surface area (Å²) in [7, 11) is 0. The number of hydrogen-bond donors (Lipinski definition) is 0. The third kappa shape index (κ3) is 4.70. The van der Waals surface area contributed by atoms with Crippen LogP contribution in [0.25, 0.3) is 34.4 Å². The van der Waals surface area contributed by atoms with Gasteiger partial charge in [-0.25, -0.2) is 0 Å². The van der Waals surface area contributed by atoms with E-state index in [0.29, 0.717) is 7.35 Å². The maximum atomic E-state index is 2.78. The van der Waals surface area contributed by atoms with Gasteiger partial charge in [-0.1, -0.05) is 0 Å². The zero-order valence-corrected chi connectivity index (χ0v) is 30.2. The maximum Gasteiger partial charge on any atom is -0.147 e. The zero-order chi connectivity index (χ0) is 26.1. The van der Waals surface area contributed by atoms with E-state index in [1.54, 1.807) is 22.3 Å². The summed E-state index contributed by atoms with van der Waals surface area (Å²) in [6.07, 6.45) is 7.91. The van der Waals surface area contributed by atoms with Crippen LogP contribution in [0.2, 0.25) is 9.36 Å². The van der Waals surface area contributed by atoms with E-state index in [2.05, 4.69) is 132 Å². The molecule has 0 bridgehead atoms. The molecule has 0 radical (unpaired) electrons. The second-order valence-corrected chi connectivity index (χ2v) is 56.5. The first-order valence-corrected chi connectivity index (χ1v) is 33.8. The Bertz CT molecular complexity index is 1710. The van der Waals surface area contributed by atoms with E-state index in [1.807, 2.05) is 0 Å². The second kappa shape index (κ2) is 10.7. The normalized spacial score (nSPS) is 19.5. The van der Waals surface area contributed by atoms with Crippen LogP contribution in [-0.2, 0) is 17.1 Å². The molecule has 3 aliphatic rings. The van der Waals surface area contributed by atoms with Gasteiger partial charge in [0.1, 0.15) is 0 Å². The topological polar surface area (TPSA) is 0 Å². The van der Waals surface area contributed by atoms with Crippen molar-refractivity contribution in [2.75, 3.05) is 0 Å². The fourth-order valence-corrected chi connectivity index (χ4v) is 37.2. The maximum absolute atomic E-state index is 3.68. The van der Waals surface area contributed by atoms with E-state index in [1.165, 1.54) is 46.2 Å². The van der Waals surface area contributed by atoms with Crippen molar-refractivity contribution in [3.8, 4) is 22.3 Å². The average Bonchev–Trinajstić information content (AvgIpc) is 3.58. The van der Waals surface area contributed by atoms with Crippen molar-refractivity contribution in [1.29, 1.82) is 0 Å². The van der Waals surface area contributed by atoms with Crippen molar-refractivity contribution in [2.24, 2.45) is 5.92 Å². The summed E-state index contributed by atoms with van der Waals surface area (Å²) >= 11 is -3.68. The Morgan fingerprint density at radius 3 is 1.57 bits per heavy atom. The average molecular weight is 748 g/mol. The molecule has 204 valence electrons. The molecule has 1 saturated carbocycles. The fourth-order valence-electron chi connectivity index (χ4n) is 7.97. The molecular formula is C36H38Cl2HfSi. The molecule has 1 fully saturated rings. The molecule has 4 aromatic carbocycles. The smallest absolute Gasteiger partial charge is 0.147 e. The summed E-state index contributed by atoms with van der Waals surface area (Å²) in [4.78, 5) is 0. The molecule has 0 aromatic heterocycles. The van der Waals surface area contributed by atoms with Crippen molar-refractivity contribution in [3.63, 3.8) is 0 Å². The van der Waals surface area contributed by atoms with Gasteiger partial charge in [0.25, 0.3) is 0 Å². The van der Waals surface area contributed by atoms with Crippen LogP contribution in [0.4, 0.5) is 0 Å². The van der Waals surface area contributed by atoms with Crippen LogP contribution < -0.4 is 0 Å². The minimum atomic E-state index is -3.68. The largest absolute Gasteiger partial charge is 0.147 e. The summed E-state index contributed by atoms with van der Waals surface area (Å²) < 4.78 is 6.75. The molecule has 0 amide bonds. The van der Waals surface area contributed by atoms with E-state index >= 15 is 0 Å². The Kier molecular flexibility index (Phi) is 7.89. The van der Waals surface area contributed by atoms with Crippen molar-refractivity contribution in [2.45, 2.75) is 36.5 Å². The van der Waals surface area contributed by atoms with Gasteiger partial charge in [0.2, 0.25) is 0 Å². The predicted octanol–water partition coefficient (Wildman–Crippen LogP) is 10.2. The number of hydrogen-bond acceptors (Lipinski definition) is 0. The van der Waals surface area contributed by atoms with Gasteiger partial charge in [-0.2, -0.15) is 0 Å². The molecule has 3 aliphatic carbocycles. The quantitative estimate of drug-likeness (QED) is 0.178. The number of halogens is 2.